The molecule has 11 heteroatoms. The van der Waals surface area contributed by atoms with Crippen LogP contribution < -0.4 is 9.62 Å². The summed E-state index contributed by atoms with van der Waals surface area (Å²) in [5.74, 6) is -0.913. The molecule has 0 aliphatic rings. The molecular weight excluding hydrogens is 625 g/mol. The number of nitrogens with one attached hydrogen (secondary N) is 1. The Kier molecular flexibility index (Phi) is 11.2. The van der Waals surface area contributed by atoms with Crippen molar-refractivity contribution in [2.45, 2.75) is 44.2 Å². The van der Waals surface area contributed by atoms with Crippen LogP contribution in [0.25, 0.3) is 0 Å². The summed E-state index contributed by atoms with van der Waals surface area (Å²) in [5, 5.41) is 3.52. The molecule has 0 unspecified atom stereocenters. The van der Waals surface area contributed by atoms with E-state index in [-0.39, 0.29) is 17.3 Å². The van der Waals surface area contributed by atoms with E-state index >= 15 is 0 Å². The maximum atomic E-state index is 14.0. The van der Waals surface area contributed by atoms with Gasteiger partial charge >= 0.3 is 0 Å². The van der Waals surface area contributed by atoms with Gasteiger partial charge < -0.3 is 10.2 Å². The zero-order valence-corrected chi connectivity index (χ0v) is 25.5. The quantitative estimate of drug-likeness (QED) is 0.249. The van der Waals surface area contributed by atoms with Crippen LogP contribution in [0.4, 0.5) is 5.69 Å². The fraction of sp³-hybridized carbons (Fsp3) is 0.286. The Morgan fingerprint density at radius 1 is 0.923 bits per heavy atom. The number of halogens is 3. The maximum Gasteiger partial charge on any atom is 0.264 e. The summed E-state index contributed by atoms with van der Waals surface area (Å²) in [4.78, 5) is 28.6. The van der Waals surface area contributed by atoms with E-state index in [2.05, 4.69) is 21.2 Å². The van der Waals surface area contributed by atoms with Crippen molar-refractivity contribution in [3.05, 3.63) is 92.9 Å². The van der Waals surface area contributed by atoms with Crippen molar-refractivity contribution in [1.29, 1.82) is 0 Å². The summed E-state index contributed by atoms with van der Waals surface area (Å²) in [5.41, 5.74) is 0.770. The Morgan fingerprint density at radius 2 is 1.54 bits per heavy atom. The van der Waals surface area contributed by atoms with E-state index in [1.54, 1.807) is 67.6 Å². The van der Waals surface area contributed by atoms with Crippen LogP contribution in [0.2, 0.25) is 10.0 Å². The van der Waals surface area contributed by atoms with Gasteiger partial charge in [-0.2, -0.15) is 0 Å². The van der Waals surface area contributed by atoms with Gasteiger partial charge in [-0.3, -0.25) is 13.9 Å². The second-order valence-electron chi connectivity index (χ2n) is 8.74. The van der Waals surface area contributed by atoms with Crippen LogP contribution in [-0.4, -0.2) is 44.3 Å². The number of sulfonamides is 1. The van der Waals surface area contributed by atoms with Crippen molar-refractivity contribution in [3.8, 4) is 0 Å². The molecule has 0 aromatic heterocycles. The highest BCUT2D eigenvalue weighted by atomic mass is 79.9. The second kappa shape index (κ2) is 14.2. The van der Waals surface area contributed by atoms with Gasteiger partial charge in [0.1, 0.15) is 12.6 Å². The van der Waals surface area contributed by atoms with E-state index in [1.807, 2.05) is 6.92 Å². The fourth-order valence-electron chi connectivity index (χ4n) is 4.00. The predicted octanol–water partition coefficient (Wildman–Crippen LogP) is 6.28. The molecule has 0 heterocycles. The van der Waals surface area contributed by atoms with Crippen molar-refractivity contribution in [1.82, 2.24) is 10.2 Å². The summed E-state index contributed by atoms with van der Waals surface area (Å²) in [6.45, 7) is 3.54. The lowest BCUT2D eigenvalue weighted by Crippen LogP contribution is -2.52. The van der Waals surface area contributed by atoms with Gasteiger partial charge in [-0.1, -0.05) is 77.2 Å². The number of anilines is 1. The molecule has 7 nitrogen and oxygen atoms in total. The number of nitrogens with zero attached hydrogens (tertiary/aromatic N) is 2. The van der Waals surface area contributed by atoms with Crippen molar-refractivity contribution >= 4 is 66.7 Å². The minimum Gasteiger partial charge on any atom is -0.354 e. The van der Waals surface area contributed by atoms with E-state index in [0.29, 0.717) is 34.3 Å². The lowest BCUT2D eigenvalue weighted by molar-refractivity contribution is -0.140. The Hall–Kier alpha value is -2.59. The summed E-state index contributed by atoms with van der Waals surface area (Å²) < 4.78 is 29.4. The summed E-state index contributed by atoms with van der Waals surface area (Å²) >= 11 is 16.2. The number of hydrogen-bond acceptors (Lipinski definition) is 4. The smallest absolute Gasteiger partial charge is 0.264 e. The number of carbonyl (C=O) groups excluding carboxylic acids is 2. The molecule has 0 aliphatic heterocycles. The van der Waals surface area contributed by atoms with Crippen LogP contribution in [-0.2, 0) is 26.2 Å². The molecule has 0 saturated heterocycles. The van der Waals surface area contributed by atoms with Crippen molar-refractivity contribution < 1.29 is 18.0 Å². The average molecular weight is 655 g/mol. The van der Waals surface area contributed by atoms with E-state index in [4.69, 9.17) is 23.2 Å². The van der Waals surface area contributed by atoms with Gasteiger partial charge in [0.2, 0.25) is 11.8 Å². The number of hydrogen-bond donors (Lipinski definition) is 1. The summed E-state index contributed by atoms with van der Waals surface area (Å²) in [6, 6.07) is 18.6. The Bertz CT molecular complexity index is 1370. The molecule has 1 N–H and O–H groups in total. The third-order valence-corrected chi connectivity index (χ3v) is 9.07. The Morgan fingerprint density at radius 3 is 2.10 bits per heavy atom. The molecule has 208 valence electrons. The minimum absolute atomic E-state index is 0.0362. The van der Waals surface area contributed by atoms with Crippen LogP contribution in [0.1, 0.15) is 32.3 Å². The van der Waals surface area contributed by atoms with Crippen LogP contribution in [0, 0.1) is 0 Å². The maximum absolute atomic E-state index is 14.0. The third-order valence-electron chi connectivity index (χ3n) is 6.05. The molecule has 0 aliphatic carbocycles. The molecule has 0 fully saturated rings. The van der Waals surface area contributed by atoms with Gasteiger partial charge in [-0.15, -0.1) is 0 Å². The van der Waals surface area contributed by atoms with Gasteiger partial charge in [-0.05, 0) is 61.4 Å². The SMILES string of the molecule is CCCNC(=O)[C@H](CC)N(Cc1c(Cl)cccc1Cl)C(=O)CN(c1ccc(Br)cc1)S(=O)(=O)c1ccccc1. The Balaban J connectivity index is 2.07. The van der Waals surface area contributed by atoms with Gasteiger partial charge in [-0.25, -0.2) is 8.42 Å². The second-order valence-corrected chi connectivity index (χ2v) is 12.3. The minimum atomic E-state index is -4.13. The molecule has 0 saturated carbocycles. The van der Waals surface area contributed by atoms with Gasteiger partial charge in [0.25, 0.3) is 10.0 Å². The first-order chi connectivity index (χ1) is 18.6. The monoisotopic (exact) mass is 653 g/mol. The molecule has 2 amide bonds. The molecule has 3 aromatic rings. The largest absolute Gasteiger partial charge is 0.354 e. The zero-order valence-electron chi connectivity index (χ0n) is 21.6. The molecular formula is C28H30BrCl2N3O4S. The highest BCUT2D eigenvalue weighted by Crippen LogP contribution is 2.29. The number of carbonyl (C=O) groups is 2. The number of rotatable bonds is 12. The molecule has 39 heavy (non-hydrogen) atoms. The van der Waals surface area contributed by atoms with E-state index < -0.39 is 28.5 Å². The lowest BCUT2D eigenvalue weighted by Gasteiger charge is -2.33. The topological polar surface area (TPSA) is 86.8 Å². The van der Waals surface area contributed by atoms with Crippen LogP contribution in [0.3, 0.4) is 0 Å². The number of benzene rings is 3. The highest BCUT2D eigenvalue weighted by molar-refractivity contribution is 9.10. The lowest BCUT2D eigenvalue weighted by atomic mass is 10.1. The third kappa shape index (κ3) is 7.75. The molecule has 0 bridgehead atoms. The van der Waals surface area contributed by atoms with Gasteiger partial charge in [0, 0.05) is 33.2 Å². The Labute approximate surface area is 248 Å². The zero-order chi connectivity index (χ0) is 28.6. The predicted molar refractivity (Wildman–Crippen MR) is 160 cm³/mol. The molecule has 0 spiro atoms. The first-order valence-electron chi connectivity index (χ1n) is 12.4. The molecule has 3 aromatic carbocycles. The van der Waals surface area contributed by atoms with Crippen LogP contribution in [0.15, 0.2) is 82.2 Å². The first kappa shape index (κ1) is 30.9. The van der Waals surface area contributed by atoms with Gasteiger partial charge in [0.15, 0.2) is 0 Å². The van der Waals surface area contributed by atoms with E-state index in [1.165, 1.54) is 17.0 Å². The van der Waals surface area contributed by atoms with Crippen molar-refractivity contribution in [2.75, 3.05) is 17.4 Å². The molecule has 0 radical (unpaired) electrons. The fourth-order valence-corrected chi connectivity index (χ4v) is 6.21. The van der Waals surface area contributed by atoms with Crippen molar-refractivity contribution in [2.24, 2.45) is 0 Å². The average Bonchev–Trinajstić information content (AvgIpc) is 2.92. The van der Waals surface area contributed by atoms with E-state index in [9.17, 15) is 18.0 Å². The van der Waals surface area contributed by atoms with Gasteiger partial charge in [0.05, 0.1) is 10.6 Å². The molecule has 3 rings (SSSR count). The number of amides is 2. The summed E-state index contributed by atoms with van der Waals surface area (Å²) in [7, 11) is -4.13. The molecule has 1 atom stereocenters. The van der Waals surface area contributed by atoms with Crippen LogP contribution in [0.5, 0.6) is 0 Å². The standard InChI is InChI=1S/C28H30BrCl2N3O4S/c1-3-17-32-28(36)26(4-2)33(18-23-24(30)11-8-12-25(23)31)27(35)19-34(21-15-13-20(29)14-16-21)39(37,38)22-9-6-5-7-10-22/h5-16,26H,3-4,17-19H2,1-2H3,(H,32,36)/t26-/m0/s1. The highest BCUT2D eigenvalue weighted by Gasteiger charge is 2.34. The normalized spacial score (nSPS) is 12.0. The van der Waals surface area contributed by atoms with Crippen molar-refractivity contribution in [3.63, 3.8) is 0 Å². The summed E-state index contributed by atoms with van der Waals surface area (Å²) in [6.07, 6.45) is 1.02. The first-order valence-corrected chi connectivity index (χ1v) is 15.4. The van der Waals surface area contributed by atoms with Crippen LogP contribution >= 0.6 is 39.1 Å². The van der Waals surface area contributed by atoms with E-state index in [0.717, 1.165) is 15.2 Å².